The first-order valence-corrected chi connectivity index (χ1v) is 7.98. The third-order valence-corrected chi connectivity index (χ3v) is 4.43. The van der Waals surface area contributed by atoms with Gasteiger partial charge < -0.3 is 15.0 Å². The van der Waals surface area contributed by atoms with E-state index in [1.54, 1.807) is 26.8 Å². The summed E-state index contributed by atoms with van der Waals surface area (Å²) in [4.78, 5) is 27.6. The molecule has 0 amide bonds. The number of methoxy groups -OCH3 is 1. The highest BCUT2D eigenvalue weighted by Crippen LogP contribution is 2.23. The van der Waals surface area contributed by atoms with E-state index in [0.29, 0.717) is 27.5 Å². The predicted molar refractivity (Wildman–Crippen MR) is 95.2 cm³/mol. The normalized spacial score (nSPS) is 11.9. The number of benzene rings is 1. The van der Waals surface area contributed by atoms with Gasteiger partial charge in [0.05, 0.1) is 24.4 Å². The Hall–Kier alpha value is -2.27. The summed E-state index contributed by atoms with van der Waals surface area (Å²) in [6.45, 7) is 7.16. The number of rotatable bonds is 5. The van der Waals surface area contributed by atoms with E-state index in [4.69, 9.17) is 16.3 Å². The van der Waals surface area contributed by atoms with Crippen LogP contribution in [-0.4, -0.2) is 29.9 Å². The van der Waals surface area contributed by atoms with Gasteiger partial charge in [-0.15, -0.1) is 0 Å². The fourth-order valence-electron chi connectivity index (χ4n) is 2.62. The Bertz CT molecular complexity index is 796. The van der Waals surface area contributed by atoms with Gasteiger partial charge in [-0.3, -0.25) is 4.79 Å². The van der Waals surface area contributed by atoms with Gasteiger partial charge in [0.15, 0.2) is 0 Å². The van der Waals surface area contributed by atoms with Crippen molar-refractivity contribution in [2.75, 3.05) is 12.4 Å². The molecule has 0 aliphatic rings. The lowest BCUT2D eigenvalue weighted by Gasteiger charge is -2.15. The number of esters is 1. The maximum absolute atomic E-state index is 12.7. The van der Waals surface area contributed by atoms with Crippen molar-refractivity contribution in [2.45, 2.75) is 33.7 Å². The molecule has 24 heavy (non-hydrogen) atoms. The molecule has 6 heteroatoms. The number of carbonyl (C=O) groups excluding carboxylic acids is 2. The summed E-state index contributed by atoms with van der Waals surface area (Å²) in [6, 6.07) is 5.07. The number of aryl methyl sites for hydroxylation is 2. The van der Waals surface area contributed by atoms with Gasteiger partial charge in [0.2, 0.25) is 5.78 Å². The monoisotopic (exact) mass is 348 g/mol. The molecule has 128 valence electrons. The molecular formula is C18H21ClN2O3. The number of H-pyrrole nitrogens is 1. The van der Waals surface area contributed by atoms with Crippen molar-refractivity contribution in [1.29, 1.82) is 0 Å². The average molecular weight is 349 g/mol. The summed E-state index contributed by atoms with van der Waals surface area (Å²) in [5.41, 5.74) is 3.77. The number of ether oxygens (including phenoxy) is 1. The summed E-state index contributed by atoms with van der Waals surface area (Å²) in [7, 11) is 1.32. The van der Waals surface area contributed by atoms with E-state index in [0.717, 1.165) is 11.3 Å². The number of carbonyl (C=O) groups is 2. The van der Waals surface area contributed by atoms with Crippen LogP contribution >= 0.6 is 11.6 Å². The van der Waals surface area contributed by atoms with Crippen LogP contribution in [0.4, 0.5) is 5.69 Å². The van der Waals surface area contributed by atoms with E-state index in [2.05, 4.69) is 10.3 Å². The molecule has 0 saturated heterocycles. The summed E-state index contributed by atoms with van der Waals surface area (Å²) in [5, 5.41) is 3.78. The molecule has 0 radical (unpaired) electrons. The lowest BCUT2D eigenvalue weighted by molar-refractivity contribution is 0.0599. The van der Waals surface area contributed by atoms with Gasteiger partial charge in [0.1, 0.15) is 0 Å². The molecular weight excluding hydrogens is 328 g/mol. The first kappa shape index (κ1) is 18.1. The predicted octanol–water partition coefficient (Wildman–Crippen LogP) is 4.06. The fraction of sp³-hybridized carbons (Fsp3) is 0.333. The smallest absolute Gasteiger partial charge is 0.339 e. The van der Waals surface area contributed by atoms with Crippen molar-refractivity contribution in [3.63, 3.8) is 0 Å². The number of nitrogens with one attached hydrogen (secondary N) is 2. The van der Waals surface area contributed by atoms with Crippen LogP contribution in [0.25, 0.3) is 0 Å². The van der Waals surface area contributed by atoms with E-state index in [1.807, 2.05) is 19.1 Å². The number of halogens is 1. The van der Waals surface area contributed by atoms with Crippen molar-refractivity contribution >= 4 is 29.0 Å². The quantitative estimate of drug-likeness (QED) is 0.631. The summed E-state index contributed by atoms with van der Waals surface area (Å²) < 4.78 is 4.77. The second kappa shape index (κ2) is 7.09. The van der Waals surface area contributed by atoms with Gasteiger partial charge in [-0.05, 0) is 51.0 Å². The molecule has 2 aromatic rings. The van der Waals surface area contributed by atoms with Gasteiger partial charge in [-0.2, -0.15) is 0 Å². The van der Waals surface area contributed by atoms with E-state index >= 15 is 0 Å². The van der Waals surface area contributed by atoms with Gasteiger partial charge in [-0.25, -0.2) is 4.79 Å². The molecule has 0 aliphatic heterocycles. The van der Waals surface area contributed by atoms with Crippen LogP contribution < -0.4 is 5.32 Å². The Kier molecular flexibility index (Phi) is 5.34. The van der Waals surface area contributed by atoms with Crippen molar-refractivity contribution < 1.29 is 14.3 Å². The summed E-state index contributed by atoms with van der Waals surface area (Å²) in [5.74, 6) is -0.589. The minimum atomic E-state index is -0.481. The number of ketones is 1. The lowest BCUT2D eigenvalue weighted by Crippen LogP contribution is -2.27. The van der Waals surface area contributed by atoms with Crippen molar-refractivity contribution in [3.8, 4) is 0 Å². The highest BCUT2D eigenvalue weighted by molar-refractivity contribution is 6.31. The lowest BCUT2D eigenvalue weighted by atomic mass is 10.0. The zero-order valence-electron chi connectivity index (χ0n) is 14.4. The number of Topliss-reactive ketones (excluding diaryl/α,β-unsaturated/α-hetero) is 1. The zero-order valence-corrected chi connectivity index (χ0v) is 15.2. The molecule has 0 aliphatic carbocycles. The molecule has 1 heterocycles. The molecule has 1 aromatic carbocycles. The van der Waals surface area contributed by atoms with E-state index in [1.165, 1.54) is 7.11 Å². The van der Waals surface area contributed by atoms with Gasteiger partial charge in [0.25, 0.3) is 0 Å². The van der Waals surface area contributed by atoms with Crippen LogP contribution in [0.5, 0.6) is 0 Å². The first-order valence-electron chi connectivity index (χ1n) is 7.60. The second-order valence-electron chi connectivity index (χ2n) is 5.81. The van der Waals surface area contributed by atoms with Crippen LogP contribution in [0.3, 0.4) is 0 Å². The van der Waals surface area contributed by atoms with Crippen LogP contribution in [0.15, 0.2) is 18.2 Å². The zero-order chi connectivity index (χ0) is 18.0. The van der Waals surface area contributed by atoms with Crippen LogP contribution in [0.2, 0.25) is 5.02 Å². The highest BCUT2D eigenvalue weighted by atomic mass is 35.5. The minimum Gasteiger partial charge on any atom is -0.465 e. The van der Waals surface area contributed by atoms with Gasteiger partial charge >= 0.3 is 5.97 Å². The molecule has 0 fully saturated rings. The third-order valence-electron chi connectivity index (χ3n) is 4.02. The number of aromatic nitrogens is 1. The third kappa shape index (κ3) is 3.46. The van der Waals surface area contributed by atoms with Gasteiger partial charge in [0, 0.05) is 16.4 Å². The Morgan fingerprint density at radius 1 is 1.25 bits per heavy atom. The summed E-state index contributed by atoms with van der Waals surface area (Å²) >= 11 is 6.11. The molecule has 2 rings (SSSR count). The van der Waals surface area contributed by atoms with Gasteiger partial charge in [-0.1, -0.05) is 17.7 Å². The second-order valence-corrected chi connectivity index (χ2v) is 6.22. The van der Waals surface area contributed by atoms with E-state index in [-0.39, 0.29) is 5.78 Å². The van der Waals surface area contributed by atoms with Crippen LogP contribution in [0, 0.1) is 20.8 Å². The highest BCUT2D eigenvalue weighted by Gasteiger charge is 2.25. The maximum Gasteiger partial charge on any atom is 0.339 e. The molecule has 0 unspecified atom stereocenters. The number of hydrogen-bond acceptors (Lipinski definition) is 4. The Morgan fingerprint density at radius 2 is 1.92 bits per heavy atom. The number of aromatic amines is 1. The molecule has 0 bridgehead atoms. The molecule has 0 saturated carbocycles. The van der Waals surface area contributed by atoms with E-state index < -0.39 is 12.0 Å². The largest absolute Gasteiger partial charge is 0.465 e. The molecule has 1 atom stereocenters. The molecule has 2 N–H and O–H groups in total. The first-order chi connectivity index (χ1) is 11.3. The number of anilines is 1. The van der Waals surface area contributed by atoms with Crippen molar-refractivity contribution in [2.24, 2.45) is 0 Å². The number of hydrogen-bond donors (Lipinski definition) is 2. The van der Waals surface area contributed by atoms with Crippen molar-refractivity contribution in [3.05, 3.63) is 51.3 Å². The average Bonchev–Trinajstić information content (AvgIpc) is 2.84. The van der Waals surface area contributed by atoms with Crippen molar-refractivity contribution in [1.82, 2.24) is 4.98 Å². The SMILES string of the molecule is COC(=O)c1c(C)[nH]c(C(=O)[C@H](C)Nc2ccc(C)c(Cl)c2)c1C. The standard InChI is InChI=1S/C18H21ClN2O3/c1-9-6-7-13(8-14(9)19)20-12(4)17(22)16-10(2)15(11(3)21-16)18(23)24-5/h6-8,12,20-21H,1-5H3/t12-/m0/s1. The minimum absolute atomic E-state index is 0.137. The molecule has 0 spiro atoms. The maximum atomic E-state index is 12.7. The Labute approximate surface area is 146 Å². The molecule has 1 aromatic heterocycles. The Morgan fingerprint density at radius 3 is 2.50 bits per heavy atom. The summed E-state index contributed by atoms with van der Waals surface area (Å²) in [6.07, 6.45) is 0. The fourth-order valence-corrected chi connectivity index (χ4v) is 2.80. The van der Waals surface area contributed by atoms with Crippen LogP contribution in [0.1, 0.15) is 44.6 Å². The van der Waals surface area contributed by atoms with E-state index in [9.17, 15) is 9.59 Å². The topological polar surface area (TPSA) is 71.2 Å². The Balaban J connectivity index is 2.25. The molecule has 5 nitrogen and oxygen atoms in total. The van der Waals surface area contributed by atoms with Crippen LogP contribution in [-0.2, 0) is 4.74 Å².